The lowest BCUT2D eigenvalue weighted by Gasteiger charge is -2.32. The number of methoxy groups -OCH3 is 2. The van der Waals surface area contributed by atoms with Crippen LogP contribution in [0, 0.1) is 11.3 Å². The fourth-order valence-corrected chi connectivity index (χ4v) is 7.14. The summed E-state index contributed by atoms with van der Waals surface area (Å²) in [4.78, 5) is 75.6. The second kappa shape index (κ2) is 25.2. The van der Waals surface area contributed by atoms with Crippen molar-refractivity contribution in [2.75, 3.05) is 40.6 Å². The fourth-order valence-electron chi connectivity index (χ4n) is 7.14. The van der Waals surface area contributed by atoms with E-state index in [9.17, 15) is 28.8 Å². The van der Waals surface area contributed by atoms with E-state index in [2.05, 4.69) is 67.8 Å². The smallest absolute Gasteiger partial charge is 0.338 e. The summed E-state index contributed by atoms with van der Waals surface area (Å²) >= 11 is 0. The fraction of sp³-hybridized carbons (Fsp3) is 0.480. The minimum atomic E-state index is -1.64. The number of rotatable bonds is 25. The van der Waals surface area contributed by atoms with Gasteiger partial charge in [-0.1, -0.05) is 90.1 Å². The number of unbranched alkanes of at least 4 members (excludes halogenated alkanes) is 2. The molecule has 1 aliphatic carbocycles. The highest BCUT2D eigenvalue weighted by Crippen LogP contribution is 2.41. The van der Waals surface area contributed by atoms with Crippen LogP contribution < -0.4 is 9.47 Å². The molecule has 1 fully saturated rings. The summed E-state index contributed by atoms with van der Waals surface area (Å²) < 4.78 is 38.0. The first-order valence-corrected chi connectivity index (χ1v) is 21.4. The number of esters is 6. The molecule has 13 nitrogen and oxygen atoms in total. The molecule has 0 atom stereocenters. The summed E-state index contributed by atoms with van der Waals surface area (Å²) in [6.45, 7) is 19.6. The largest absolute Gasteiger partial charge is 0.489 e. The van der Waals surface area contributed by atoms with Crippen molar-refractivity contribution in [2.45, 2.75) is 104 Å². The second-order valence-corrected chi connectivity index (χ2v) is 16.3. The second-order valence-electron chi connectivity index (χ2n) is 16.3. The summed E-state index contributed by atoms with van der Waals surface area (Å²) in [6, 6.07) is 11.7. The molecule has 0 unspecified atom stereocenters. The summed E-state index contributed by atoms with van der Waals surface area (Å²) in [5.74, 6) is -3.55. The maximum absolute atomic E-state index is 13.0. The molecule has 0 radical (unpaired) electrons. The van der Waals surface area contributed by atoms with Gasteiger partial charge in [0.05, 0.1) is 27.1 Å². The molecule has 0 saturated heterocycles. The Hall–Kier alpha value is -5.98. The van der Waals surface area contributed by atoms with Crippen LogP contribution in [-0.2, 0) is 58.9 Å². The van der Waals surface area contributed by atoms with Crippen molar-refractivity contribution in [3.8, 4) is 22.6 Å². The molecule has 0 N–H and O–H groups in total. The standard InChI is InChI=1S/C50H64O13/c1-11-13-14-15-36-16-18-38(19-17-36)39-20-22-41(37(12-2)26-39)40-21-23-42(43(27-40)63-47(54)33(5)6)59-28-50(31-62-46(53)32(3)4,29-60-44(51)24-34(7)48(55)57-9)30-61-45(52)25-35(8)49(56)58-10/h20-23,26-27,36,38H,3,5,7-8,11-19,24-25,28-31H2,1-2,4,6,9-10H3. The number of benzene rings is 2. The lowest BCUT2D eigenvalue weighted by molar-refractivity contribution is -0.163. The molecule has 0 aromatic heterocycles. The molecule has 1 aliphatic rings. The third-order valence-electron chi connectivity index (χ3n) is 11.0. The monoisotopic (exact) mass is 872 g/mol. The van der Waals surface area contributed by atoms with E-state index in [1.807, 2.05) is 6.07 Å². The van der Waals surface area contributed by atoms with Crippen molar-refractivity contribution in [2.24, 2.45) is 11.3 Å². The Labute approximate surface area is 371 Å². The minimum Gasteiger partial charge on any atom is -0.489 e. The maximum atomic E-state index is 13.0. The Morgan fingerprint density at radius 1 is 0.651 bits per heavy atom. The molecule has 2 aromatic rings. The topological polar surface area (TPSA) is 167 Å². The third kappa shape index (κ3) is 16.0. The number of hydrogen-bond acceptors (Lipinski definition) is 13. The molecule has 2 aromatic carbocycles. The molecular weight excluding hydrogens is 809 g/mol. The highest BCUT2D eigenvalue weighted by atomic mass is 16.6. The van der Waals surface area contributed by atoms with Gasteiger partial charge in [-0.3, -0.25) is 9.59 Å². The lowest BCUT2D eigenvalue weighted by Crippen LogP contribution is -2.44. The van der Waals surface area contributed by atoms with E-state index < -0.39 is 80.5 Å². The van der Waals surface area contributed by atoms with Crippen LogP contribution in [0.1, 0.15) is 109 Å². The highest BCUT2D eigenvalue weighted by molar-refractivity contribution is 5.94. The van der Waals surface area contributed by atoms with E-state index in [1.165, 1.54) is 70.8 Å². The first-order chi connectivity index (χ1) is 30.0. The van der Waals surface area contributed by atoms with Crippen LogP contribution in [-0.4, -0.2) is 76.5 Å². The predicted molar refractivity (Wildman–Crippen MR) is 238 cm³/mol. The molecule has 342 valence electrons. The first kappa shape index (κ1) is 51.4. The van der Waals surface area contributed by atoms with Gasteiger partial charge in [-0.25, -0.2) is 19.2 Å². The molecule has 13 heteroatoms. The van der Waals surface area contributed by atoms with E-state index in [4.69, 9.17) is 23.7 Å². The SMILES string of the molecule is C=C(C)C(=O)OCC(COC(=O)CC(=C)C(=O)OC)(COC(=O)CC(=C)C(=O)OC)COc1ccc(-c2ccc(C3CCC(CCCCC)CC3)cc2CC)cc1OC(=O)C(=C)C. The molecule has 0 aliphatic heterocycles. The Kier molecular flexibility index (Phi) is 20.6. The average Bonchev–Trinajstić information content (AvgIpc) is 3.27. The quantitative estimate of drug-likeness (QED) is 0.0305. The van der Waals surface area contributed by atoms with Crippen LogP contribution in [0.25, 0.3) is 11.1 Å². The van der Waals surface area contributed by atoms with Crippen LogP contribution in [0.15, 0.2) is 85.0 Å². The maximum Gasteiger partial charge on any atom is 0.338 e. The van der Waals surface area contributed by atoms with Crippen LogP contribution in [0.5, 0.6) is 11.5 Å². The van der Waals surface area contributed by atoms with Crippen molar-refractivity contribution < 1.29 is 61.9 Å². The lowest BCUT2D eigenvalue weighted by atomic mass is 9.76. The van der Waals surface area contributed by atoms with Gasteiger partial charge in [-0.2, -0.15) is 0 Å². The zero-order valence-electron chi connectivity index (χ0n) is 37.9. The van der Waals surface area contributed by atoms with Crippen LogP contribution in [0.2, 0.25) is 0 Å². The van der Waals surface area contributed by atoms with Gasteiger partial charge in [0.2, 0.25) is 0 Å². The Balaban J connectivity index is 2.01. The molecule has 1 saturated carbocycles. The molecule has 0 bridgehead atoms. The molecule has 0 spiro atoms. The van der Waals surface area contributed by atoms with Gasteiger partial charge >= 0.3 is 35.8 Å². The molecule has 63 heavy (non-hydrogen) atoms. The molecular formula is C50H64O13. The van der Waals surface area contributed by atoms with Gasteiger partial charge in [-0.05, 0) is 92.2 Å². The zero-order valence-corrected chi connectivity index (χ0v) is 37.9. The number of aryl methyl sites for hydroxylation is 1. The van der Waals surface area contributed by atoms with Gasteiger partial charge in [0.1, 0.15) is 31.8 Å². The highest BCUT2D eigenvalue weighted by Gasteiger charge is 2.38. The first-order valence-electron chi connectivity index (χ1n) is 21.4. The van der Waals surface area contributed by atoms with Crippen molar-refractivity contribution in [3.63, 3.8) is 0 Å². The van der Waals surface area contributed by atoms with Crippen molar-refractivity contribution in [3.05, 3.63) is 96.1 Å². The van der Waals surface area contributed by atoms with E-state index in [0.29, 0.717) is 5.92 Å². The van der Waals surface area contributed by atoms with E-state index in [1.54, 1.807) is 12.1 Å². The summed E-state index contributed by atoms with van der Waals surface area (Å²) in [7, 11) is 2.27. The van der Waals surface area contributed by atoms with Gasteiger partial charge in [0.15, 0.2) is 11.5 Å². The third-order valence-corrected chi connectivity index (χ3v) is 11.0. The zero-order chi connectivity index (χ0) is 46.7. The van der Waals surface area contributed by atoms with Crippen molar-refractivity contribution in [1.82, 2.24) is 0 Å². The van der Waals surface area contributed by atoms with Gasteiger partial charge in [0, 0.05) is 22.3 Å². The Morgan fingerprint density at radius 3 is 1.75 bits per heavy atom. The summed E-state index contributed by atoms with van der Waals surface area (Å²) in [5.41, 5.74) is 2.35. The van der Waals surface area contributed by atoms with Gasteiger partial charge < -0.3 is 33.2 Å². The molecule has 0 amide bonds. The average molecular weight is 873 g/mol. The van der Waals surface area contributed by atoms with Crippen molar-refractivity contribution >= 4 is 35.8 Å². The number of ether oxygens (including phenoxy) is 7. The summed E-state index contributed by atoms with van der Waals surface area (Å²) in [6.07, 6.45) is 9.65. The summed E-state index contributed by atoms with van der Waals surface area (Å²) in [5, 5.41) is 0. The van der Waals surface area contributed by atoms with Crippen LogP contribution in [0.3, 0.4) is 0 Å². The van der Waals surface area contributed by atoms with Crippen LogP contribution >= 0.6 is 0 Å². The van der Waals surface area contributed by atoms with Gasteiger partial charge in [-0.15, -0.1) is 0 Å². The van der Waals surface area contributed by atoms with Crippen molar-refractivity contribution in [1.29, 1.82) is 0 Å². The number of carbonyl (C=O) groups is 6. The van der Waals surface area contributed by atoms with Gasteiger partial charge in [0.25, 0.3) is 0 Å². The Bertz CT molecular complexity index is 1970. The molecule has 0 heterocycles. The van der Waals surface area contributed by atoms with E-state index in [0.717, 1.165) is 43.2 Å². The Morgan fingerprint density at radius 2 is 1.22 bits per heavy atom. The normalized spacial score (nSPS) is 14.6. The number of carbonyl (C=O) groups excluding carboxylic acids is 6. The van der Waals surface area contributed by atoms with E-state index in [-0.39, 0.29) is 33.8 Å². The van der Waals surface area contributed by atoms with E-state index >= 15 is 0 Å². The number of hydrogen-bond donors (Lipinski definition) is 0. The molecule has 3 rings (SSSR count). The predicted octanol–water partition coefficient (Wildman–Crippen LogP) is 9.06. The van der Waals surface area contributed by atoms with Crippen LogP contribution in [0.4, 0.5) is 0 Å². The minimum absolute atomic E-state index is 0.0404.